The molecule has 0 fully saturated rings. The first-order valence-electron chi connectivity index (χ1n) is 7.08. The Labute approximate surface area is 124 Å². The largest absolute Gasteiger partial charge is 0.480 e. The fraction of sp³-hybridized carbons (Fsp3) is 0.500. The van der Waals surface area contributed by atoms with Crippen LogP contribution in [-0.2, 0) is 20.9 Å². The predicted octanol–water partition coefficient (Wildman–Crippen LogP) is 2.94. The molecule has 2 N–H and O–H groups in total. The van der Waals surface area contributed by atoms with Crippen LogP contribution in [0.5, 0.6) is 0 Å². The molecule has 1 atom stereocenters. The van der Waals surface area contributed by atoms with Crippen molar-refractivity contribution < 1.29 is 24.5 Å². The van der Waals surface area contributed by atoms with Gasteiger partial charge in [-0.3, -0.25) is 9.59 Å². The van der Waals surface area contributed by atoms with Crippen LogP contribution in [0.3, 0.4) is 0 Å². The molecule has 0 radical (unpaired) electrons. The first-order chi connectivity index (χ1) is 9.96. The van der Waals surface area contributed by atoms with E-state index in [4.69, 9.17) is 4.74 Å². The molecule has 1 aromatic rings. The molecule has 0 aliphatic carbocycles. The van der Waals surface area contributed by atoms with Crippen LogP contribution in [0.2, 0.25) is 0 Å². The molecule has 0 saturated carbocycles. The first-order valence-corrected chi connectivity index (χ1v) is 7.08. The average molecular weight is 294 g/mol. The highest BCUT2D eigenvalue weighted by Crippen LogP contribution is 2.31. The van der Waals surface area contributed by atoms with Crippen LogP contribution in [-0.4, -0.2) is 28.3 Å². The third kappa shape index (κ3) is 4.29. The van der Waals surface area contributed by atoms with Gasteiger partial charge in [-0.2, -0.15) is 0 Å². The summed E-state index contributed by atoms with van der Waals surface area (Å²) in [5, 5.41) is 18.6. The Balaban J connectivity index is 2.75. The number of carboxylic acid groups (broad SMARTS) is 2. The van der Waals surface area contributed by atoms with Gasteiger partial charge in [-0.05, 0) is 18.4 Å². The van der Waals surface area contributed by atoms with Crippen molar-refractivity contribution in [1.29, 1.82) is 0 Å². The van der Waals surface area contributed by atoms with E-state index in [1.54, 1.807) is 6.92 Å². The Morgan fingerprint density at radius 1 is 1.14 bits per heavy atom. The zero-order chi connectivity index (χ0) is 15.9. The van der Waals surface area contributed by atoms with Gasteiger partial charge in [0.25, 0.3) is 0 Å². The molecule has 0 bridgehead atoms. The fourth-order valence-corrected chi connectivity index (χ4v) is 2.21. The van der Waals surface area contributed by atoms with Gasteiger partial charge < -0.3 is 14.9 Å². The molecule has 0 aromatic heterocycles. The quantitative estimate of drug-likeness (QED) is 0.684. The standard InChI is InChI=1S/C16H22O5/c1-3-13(21-11-12-8-6-5-7-9-12)10-16(4-2,14(17)18)15(19)20/h5-9,13H,3-4,10-11H2,1-2H3,(H,17,18)(H,19,20). The van der Waals surface area contributed by atoms with Gasteiger partial charge in [0.2, 0.25) is 0 Å². The van der Waals surface area contributed by atoms with Gasteiger partial charge in [0.05, 0.1) is 12.7 Å². The minimum Gasteiger partial charge on any atom is -0.480 e. The summed E-state index contributed by atoms with van der Waals surface area (Å²) in [4.78, 5) is 22.8. The minimum atomic E-state index is -1.78. The van der Waals surface area contributed by atoms with Crippen molar-refractivity contribution in [3.63, 3.8) is 0 Å². The molecule has 0 heterocycles. The van der Waals surface area contributed by atoms with Crippen molar-refractivity contribution in [3.05, 3.63) is 35.9 Å². The van der Waals surface area contributed by atoms with Gasteiger partial charge in [0, 0.05) is 6.42 Å². The van der Waals surface area contributed by atoms with Gasteiger partial charge in [0.15, 0.2) is 5.41 Å². The Morgan fingerprint density at radius 3 is 2.14 bits per heavy atom. The van der Waals surface area contributed by atoms with E-state index in [0.29, 0.717) is 13.0 Å². The first kappa shape index (κ1) is 17.2. The number of carboxylic acids is 2. The molecule has 1 aromatic carbocycles. The number of benzene rings is 1. The number of carbonyl (C=O) groups is 2. The lowest BCUT2D eigenvalue weighted by atomic mass is 9.79. The molecule has 0 saturated heterocycles. The molecule has 0 spiro atoms. The van der Waals surface area contributed by atoms with Gasteiger partial charge in [0.1, 0.15) is 0 Å². The minimum absolute atomic E-state index is 0.0303. The topological polar surface area (TPSA) is 83.8 Å². The summed E-state index contributed by atoms with van der Waals surface area (Å²) < 4.78 is 5.71. The van der Waals surface area contributed by atoms with Crippen LogP contribution in [0.1, 0.15) is 38.7 Å². The van der Waals surface area contributed by atoms with Crippen molar-refractivity contribution in [2.45, 2.75) is 45.8 Å². The lowest BCUT2D eigenvalue weighted by Gasteiger charge is -2.28. The highest BCUT2D eigenvalue weighted by atomic mass is 16.5. The monoisotopic (exact) mass is 294 g/mol. The van der Waals surface area contributed by atoms with E-state index in [9.17, 15) is 19.8 Å². The Hall–Kier alpha value is -1.88. The maximum Gasteiger partial charge on any atom is 0.321 e. The summed E-state index contributed by atoms with van der Waals surface area (Å²) in [6, 6.07) is 9.51. The lowest BCUT2D eigenvalue weighted by molar-refractivity contribution is -0.168. The summed E-state index contributed by atoms with van der Waals surface area (Å²) in [7, 11) is 0. The van der Waals surface area contributed by atoms with Crippen LogP contribution >= 0.6 is 0 Å². The molecule has 1 unspecified atom stereocenters. The number of aliphatic carboxylic acids is 2. The van der Waals surface area contributed by atoms with Crippen molar-refractivity contribution in [2.24, 2.45) is 5.41 Å². The van der Waals surface area contributed by atoms with Crippen LogP contribution < -0.4 is 0 Å². The summed E-state index contributed by atoms with van der Waals surface area (Å²) in [5.74, 6) is -2.61. The van der Waals surface area contributed by atoms with Crippen molar-refractivity contribution in [2.75, 3.05) is 0 Å². The van der Waals surface area contributed by atoms with Gasteiger partial charge in [-0.15, -0.1) is 0 Å². The fourth-order valence-electron chi connectivity index (χ4n) is 2.21. The number of hydrogen-bond donors (Lipinski definition) is 2. The molecular weight excluding hydrogens is 272 g/mol. The summed E-state index contributed by atoms with van der Waals surface area (Å²) in [6.45, 7) is 3.78. The highest BCUT2D eigenvalue weighted by molar-refractivity contribution is 5.98. The molecule has 5 nitrogen and oxygen atoms in total. The third-order valence-corrected chi connectivity index (χ3v) is 3.78. The van der Waals surface area contributed by atoms with E-state index in [0.717, 1.165) is 5.56 Å². The summed E-state index contributed by atoms with van der Waals surface area (Å²) in [5.41, 5.74) is -0.805. The maximum absolute atomic E-state index is 11.4. The van der Waals surface area contributed by atoms with E-state index >= 15 is 0 Å². The molecule has 1 rings (SSSR count). The smallest absolute Gasteiger partial charge is 0.321 e. The number of rotatable bonds is 9. The van der Waals surface area contributed by atoms with Crippen LogP contribution in [0, 0.1) is 5.41 Å². The van der Waals surface area contributed by atoms with Crippen LogP contribution in [0.25, 0.3) is 0 Å². The highest BCUT2D eigenvalue weighted by Gasteiger charge is 2.46. The normalized spacial score (nSPS) is 12.9. The summed E-state index contributed by atoms with van der Waals surface area (Å²) >= 11 is 0. The zero-order valence-corrected chi connectivity index (χ0v) is 12.4. The van der Waals surface area contributed by atoms with Crippen molar-refractivity contribution >= 4 is 11.9 Å². The lowest BCUT2D eigenvalue weighted by Crippen LogP contribution is -2.42. The van der Waals surface area contributed by atoms with E-state index in [-0.39, 0.29) is 12.8 Å². The number of hydrogen-bond acceptors (Lipinski definition) is 3. The molecule has 21 heavy (non-hydrogen) atoms. The van der Waals surface area contributed by atoms with Crippen LogP contribution in [0.4, 0.5) is 0 Å². The summed E-state index contributed by atoms with van der Waals surface area (Å²) in [6.07, 6.45) is 0.160. The zero-order valence-electron chi connectivity index (χ0n) is 12.4. The van der Waals surface area contributed by atoms with Gasteiger partial charge >= 0.3 is 11.9 Å². The van der Waals surface area contributed by atoms with E-state index in [2.05, 4.69) is 0 Å². The van der Waals surface area contributed by atoms with E-state index in [1.807, 2.05) is 37.3 Å². The van der Waals surface area contributed by atoms with Crippen molar-refractivity contribution in [1.82, 2.24) is 0 Å². The van der Waals surface area contributed by atoms with Gasteiger partial charge in [-0.1, -0.05) is 44.2 Å². The Morgan fingerprint density at radius 2 is 1.71 bits per heavy atom. The maximum atomic E-state index is 11.4. The van der Waals surface area contributed by atoms with E-state index in [1.165, 1.54) is 0 Å². The van der Waals surface area contributed by atoms with Crippen molar-refractivity contribution in [3.8, 4) is 0 Å². The SMILES string of the molecule is CCC(CC(CC)(C(=O)O)C(=O)O)OCc1ccccc1. The third-order valence-electron chi connectivity index (χ3n) is 3.78. The second-order valence-electron chi connectivity index (χ2n) is 5.08. The second kappa shape index (κ2) is 7.78. The molecule has 0 aliphatic heterocycles. The predicted molar refractivity (Wildman–Crippen MR) is 77.9 cm³/mol. The number of ether oxygens (including phenoxy) is 1. The molecule has 0 amide bonds. The molecule has 5 heteroatoms. The Bertz CT molecular complexity index is 455. The van der Waals surface area contributed by atoms with Crippen LogP contribution in [0.15, 0.2) is 30.3 Å². The second-order valence-corrected chi connectivity index (χ2v) is 5.08. The van der Waals surface area contributed by atoms with E-state index < -0.39 is 23.5 Å². The molecular formula is C16H22O5. The van der Waals surface area contributed by atoms with Gasteiger partial charge in [-0.25, -0.2) is 0 Å². The Kier molecular flexibility index (Phi) is 6.37. The molecule has 0 aliphatic rings. The average Bonchev–Trinajstić information content (AvgIpc) is 2.48. The molecule has 116 valence electrons.